The Morgan fingerprint density at radius 2 is 1.79 bits per heavy atom. The Morgan fingerprint density at radius 3 is 2.52 bits per heavy atom. The molecule has 0 aromatic carbocycles. The molecular weight excluding hydrogens is 362 g/mol. The number of aromatic amines is 2. The second kappa shape index (κ2) is 7.81. The lowest BCUT2D eigenvalue weighted by Gasteiger charge is -2.15. The van der Waals surface area contributed by atoms with E-state index in [1.165, 1.54) is 11.3 Å². The molecule has 152 valence electrons. The van der Waals surface area contributed by atoms with Gasteiger partial charge in [-0.2, -0.15) is 10.2 Å². The molecule has 2 N–H and O–H groups in total. The van der Waals surface area contributed by atoms with Crippen LogP contribution in [0.3, 0.4) is 0 Å². The predicted octanol–water partition coefficient (Wildman–Crippen LogP) is 4.89. The van der Waals surface area contributed by atoms with E-state index in [0.717, 1.165) is 41.0 Å². The molecule has 0 aliphatic rings. The summed E-state index contributed by atoms with van der Waals surface area (Å²) in [5, 5.41) is 15.9. The van der Waals surface area contributed by atoms with Gasteiger partial charge in [-0.1, -0.05) is 27.7 Å². The summed E-state index contributed by atoms with van der Waals surface area (Å²) in [7, 11) is 2.06. The first kappa shape index (κ1) is 19.4. The van der Waals surface area contributed by atoms with Crippen molar-refractivity contribution in [2.24, 2.45) is 7.05 Å². The molecule has 0 spiro atoms. The Bertz CT molecular complexity index is 1090. The molecule has 0 amide bonds. The fraction of sp³-hybridized carbons (Fsp3) is 0.455. The molecule has 4 rings (SSSR count). The highest BCUT2D eigenvalue weighted by Crippen LogP contribution is 2.35. The Morgan fingerprint density at radius 1 is 1.00 bits per heavy atom. The minimum atomic E-state index is 0.347. The topological polar surface area (TPSA) is 88.1 Å². The molecule has 7 heteroatoms. The fourth-order valence-corrected chi connectivity index (χ4v) is 4.08. The quantitative estimate of drug-likeness (QED) is 0.469. The van der Waals surface area contributed by atoms with Crippen molar-refractivity contribution in [3.05, 3.63) is 47.8 Å². The smallest absolute Gasteiger partial charge is 0.143 e. The van der Waals surface area contributed by atoms with Gasteiger partial charge in [-0.15, -0.1) is 0 Å². The second-order valence-electron chi connectivity index (χ2n) is 8.33. The van der Waals surface area contributed by atoms with E-state index in [1.54, 1.807) is 6.33 Å². The highest BCUT2D eigenvalue weighted by atomic mass is 15.1. The van der Waals surface area contributed by atoms with Gasteiger partial charge >= 0.3 is 0 Å². The maximum Gasteiger partial charge on any atom is 0.143 e. The Kier molecular flexibility index (Phi) is 5.22. The van der Waals surface area contributed by atoms with Gasteiger partial charge in [-0.25, -0.2) is 9.97 Å². The number of nitrogens with one attached hydrogen (secondary N) is 2. The molecule has 2 atom stereocenters. The summed E-state index contributed by atoms with van der Waals surface area (Å²) in [5.74, 6) is 1.19. The van der Waals surface area contributed by atoms with Crippen molar-refractivity contribution in [3.8, 4) is 11.4 Å². The van der Waals surface area contributed by atoms with Gasteiger partial charge < -0.3 is 4.57 Å². The number of aryl methyl sites for hydroxylation is 1. The van der Waals surface area contributed by atoms with E-state index in [4.69, 9.17) is 0 Å². The fourth-order valence-electron chi connectivity index (χ4n) is 4.08. The third-order valence-corrected chi connectivity index (χ3v) is 5.94. The number of H-pyrrole nitrogens is 2. The van der Waals surface area contributed by atoms with Gasteiger partial charge in [-0.05, 0) is 42.7 Å². The lowest BCUT2D eigenvalue weighted by molar-refractivity contribution is 0.565. The molecule has 2 unspecified atom stereocenters. The molecule has 0 saturated carbocycles. The van der Waals surface area contributed by atoms with Crippen LogP contribution in [0.15, 0.2) is 30.9 Å². The average molecular weight is 392 g/mol. The zero-order valence-electron chi connectivity index (χ0n) is 17.8. The molecule has 7 nitrogen and oxygen atoms in total. The van der Waals surface area contributed by atoms with Crippen molar-refractivity contribution in [1.82, 2.24) is 34.9 Å². The first-order valence-corrected chi connectivity index (χ1v) is 10.3. The van der Waals surface area contributed by atoms with E-state index in [0.29, 0.717) is 17.8 Å². The average Bonchev–Trinajstić information content (AvgIpc) is 3.45. The van der Waals surface area contributed by atoms with Crippen LogP contribution in [0.4, 0.5) is 0 Å². The molecule has 0 aliphatic heterocycles. The number of hydrogen-bond acceptors (Lipinski definition) is 4. The number of aromatic nitrogens is 7. The highest BCUT2D eigenvalue weighted by Gasteiger charge is 2.21. The van der Waals surface area contributed by atoms with Crippen LogP contribution in [0.5, 0.6) is 0 Å². The van der Waals surface area contributed by atoms with E-state index in [-0.39, 0.29) is 0 Å². The van der Waals surface area contributed by atoms with Crippen molar-refractivity contribution in [3.63, 3.8) is 0 Å². The summed E-state index contributed by atoms with van der Waals surface area (Å²) in [5.41, 5.74) is 6.65. The first-order valence-electron chi connectivity index (χ1n) is 10.3. The first-order chi connectivity index (χ1) is 14.0. The summed E-state index contributed by atoms with van der Waals surface area (Å²) in [4.78, 5) is 9.04. The third kappa shape index (κ3) is 3.57. The van der Waals surface area contributed by atoms with Gasteiger partial charge in [-0.3, -0.25) is 10.2 Å². The molecule has 0 fully saturated rings. The summed E-state index contributed by atoms with van der Waals surface area (Å²) >= 11 is 0. The summed E-state index contributed by atoms with van der Waals surface area (Å²) in [6.45, 7) is 8.85. The van der Waals surface area contributed by atoms with Gasteiger partial charge in [0.15, 0.2) is 0 Å². The monoisotopic (exact) mass is 391 g/mol. The molecule has 29 heavy (non-hydrogen) atoms. The van der Waals surface area contributed by atoms with Gasteiger partial charge in [0.05, 0.1) is 23.3 Å². The molecule has 0 bridgehead atoms. The number of nitrogens with zero attached hydrogens (tertiary/aromatic N) is 5. The number of hydrogen-bond donors (Lipinski definition) is 2. The Labute approximate surface area is 171 Å². The minimum absolute atomic E-state index is 0.347. The second-order valence-corrected chi connectivity index (χ2v) is 8.33. The largest absolute Gasteiger partial charge is 0.327 e. The molecule has 4 heterocycles. The van der Waals surface area contributed by atoms with Crippen LogP contribution < -0.4 is 0 Å². The van der Waals surface area contributed by atoms with E-state index in [2.05, 4.69) is 81.8 Å². The van der Waals surface area contributed by atoms with Crippen molar-refractivity contribution < 1.29 is 0 Å². The standard InChI is InChI=1S/C22H29N7/c1-13(2)20-16-10-19(29(5)22(16)24-12-23-20)21-17(11-26-28-21)14(3)6-7-15(4)18-8-9-25-27-18/h8-15H,6-7H2,1-5H3,(H,25,27)(H,26,28). The summed E-state index contributed by atoms with van der Waals surface area (Å²) in [6, 6.07) is 4.25. The van der Waals surface area contributed by atoms with Gasteiger partial charge in [0.1, 0.15) is 12.0 Å². The molecule has 0 aliphatic carbocycles. The number of fused-ring (bicyclic) bond motifs is 1. The summed E-state index contributed by atoms with van der Waals surface area (Å²) < 4.78 is 2.14. The van der Waals surface area contributed by atoms with Crippen LogP contribution in [0.1, 0.15) is 75.2 Å². The lowest BCUT2D eigenvalue weighted by Crippen LogP contribution is -2.01. The van der Waals surface area contributed by atoms with Gasteiger partial charge in [0.2, 0.25) is 0 Å². The molecule has 0 saturated heterocycles. The molecular formula is C22H29N7. The lowest BCUT2D eigenvalue weighted by atomic mass is 9.91. The maximum atomic E-state index is 4.53. The van der Waals surface area contributed by atoms with Crippen LogP contribution >= 0.6 is 0 Å². The zero-order valence-corrected chi connectivity index (χ0v) is 17.8. The third-order valence-electron chi connectivity index (χ3n) is 5.94. The Balaban J connectivity index is 1.62. The highest BCUT2D eigenvalue weighted by molar-refractivity contribution is 5.86. The Hall–Kier alpha value is -2.96. The summed E-state index contributed by atoms with van der Waals surface area (Å²) in [6.07, 6.45) is 7.61. The molecule has 0 radical (unpaired) electrons. The van der Waals surface area contributed by atoms with Crippen LogP contribution in [0.2, 0.25) is 0 Å². The van der Waals surface area contributed by atoms with Gasteiger partial charge in [0, 0.05) is 29.9 Å². The van der Waals surface area contributed by atoms with Crippen LogP contribution in [0.25, 0.3) is 22.4 Å². The molecule has 4 aromatic heterocycles. The van der Waals surface area contributed by atoms with Crippen molar-refractivity contribution >= 4 is 11.0 Å². The van der Waals surface area contributed by atoms with E-state index >= 15 is 0 Å². The maximum absolute atomic E-state index is 4.53. The van der Waals surface area contributed by atoms with Crippen molar-refractivity contribution in [2.45, 2.75) is 58.3 Å². The predicted molar refractivity (Wildman–Crippen MR) is 115 cm³/mol. The van der Waals surface area contributed by atoms with E-state index in [9.17, 15) is 0 Å². The number of rotatable bonds is 7. The van der Waals surface area contributed by atoms with Crippen LogP contribution in [0, 0.1) is 0 Å². The minimum Gasteiger partial charge on any atom is -0.327 e. The molecule has 4 aromatic rings. The van der Waals surface area contributed by atoms with Crippen molar-refractivity contribution in [2.75, 3.05) is 0 Å². The van der Waals surface area contributed by atoms with Crippen LogP contribution in [-0.4, -0.2) is 34.9 Å². The van der Waals surface area contributed by atoms with E-state index in [1.807, 2.05) is 12.4 Å². The van der Waals surface area contributed by atoms with Crippen LogP contribution in [-0.2, 0) is 7.05 Å². The van der Waals surface area contributed by atoms with Gasteiger partial charge in [0.25, 0.3) is 0 Å². The van der Waals surface area contributed by atoms with E-state index < -0.39 is 0 Å². The SMILES string of the molecule is CC(C)c1ncnc2c1cc(-c1[nH]ncc1C(C)CCC(C)c1ccn[nH]1)n2C. The van der Waals surface area contributed by atoms with Crippen molar-refractivity contribution in [1.29, 1.82) is 0 Å². The normalized spacial score (nSPS) is 14.0. The zero-order chi connectivity index (χ0) is 20.5.